The third kappa shape index (κ3) is 3.27. The van der Waals surface area contributed by atoms with Gasteiger partial charge in [-0.1, -0.05) is 12.2 Å². The SMILES string of the molecule is C=C(C)CN(CC)C(=O)c1ccc2nc(C)c(C)nc2c1. The minimum absolute atomic E-state index is 0.00225. The number of benzene rings is 1. The van der Waals surface area contributed by atoms with Gasteiger partial charge in [0.05, 0.1) is 22.4 Å². The number of nitrogens with zero attached hydrogens (tertiary/aromatic N) is 3. The molecule has 1 aromatic carbocycles. The topological polar surface area (TPSA) is 46.1 Å². The second-order valence-corrected chi connectivity index (χ2v) is 5.37. The molecule has 0 aliphatic carbocycles. The number of aromatic nitrogens is 2. The number of hydrogen-bond acceptors (Lipinski definition) is 3. The zero-order valence-electron chi connectivity index (χ0n) is 13.1. The molecule has 1 amide bonds. The first-order valence-corrected chi connectivity index (χ1v) is 7.11. The van der Waals surface area contributed by atoms with Gasteiger partial charge < -0.3 is 4.90 Å². The van der Waals surface area contributed by atoms with Crippen molar-refractivity contribution >= 4 is 16.9 Å². The lowest BCUT2D eigenvalue weighted by Gasteiger charge is -2.21. The minimum Gasteiger partial charge on any atom is -0.335 e. The van der Waals surface area contributed by atoms with Crippen molar-refractivity contribution in [1.29, 1.82) is 0 Å². The van der Waals surface area contributed by atoms with Crippen LogP contribution in [-0.4, -0.2) is 33.9 Å². The molecule has 0 N–H and O–H groups in total. The highest BCUT2D eigenvalue weighted by molar-refractivity contribution is 5.97. The first kappa shape index (κ1) is 15.2. The molecule has 0 aliphatic rings. The normalized spacial score (nSPS) is 10.7. The Hall–Kier alpha value is -2.23. The largest absolute Gasteiger partial charge is 0.335 e. The Morgan fingerprint density at radius 1 is 1.19 bits per heavy atom. The van der Waals surface area contributed by atoms with E-state index >= 15 is 0 Å². The van der Waals surface area contributed by atoms with Crippen molar-refractivity contribution in [3.63, 3.8) is 0 Å². The molecule has 0 atom stereocenters. The van der Waals surface area contributed by atoms with E-state index in [4.69, 9.17) is 0 Å². The number of fused-ring (bicyclic) bond motifs is 1. The maximum atomic E-state index is 12.5. The molecule has 2 aromatic rings. The van der Waals surface area contributed by atoms with Crippen LogP contribution >= 0.6 is 0 Å². The van der Waals surface area contributed by atoms with Crippen LogP contribution in [0.3, 0.4) is 0 Å². The van der Waals surface area contributed by atoms with Crippen LogP contribution in [0.15, 0.2) is 30.4 Å². The highest BCUT2D eigenvalue weighted by Crippen LogP contribution is 2.16. The van der Waals surface area contributed by atoms with E-state index in [0.717, 1.165) is 28.0 Å². The van der Waals surface area contributed by atoms with Crippen LogP contribution in [0.1, 0.15) is 35.6 Å². The van der Waals surface area contributed by atoms with Crippen molar-refractivity contribution in [1.82, 2.24) is 14.9 Å². The third-order valence-electron chi connectivity index (χ3n) is 3.45. The van der Waals surface area contributed by atoms with Gasteiger partial charge >= 0.3 is 0 Å². The number of carbonyl (C=O) groups is 1. The molecule has 0 aliphatic heterocycles. The molecule has 110 valence electrons. The van der Waals surface area contributed by atoms with Crippen molar-refractivity contribution in [3.8, 4) is 0 Å². The molecule has 0 radical (unpaired) electrons. The molecule has 4 heteroatoms. The summed E-state index contributed by atoms with van der Waals surface area (Å²) in [6.45, 7) is 12.9. The van der Waals surface area contributed by atoms with Crippen molar-refractivity contribution < 1.29 is 4.79 Å². The lowest BCUT2D eigenvalue weighted by Crippen LogP contribution is -2.32. The van der Waals surface area contributed by atoms with Crippen molar-refractivity contribution in [2.75, 3.05) is 13.1 Å². The lowest BCUT2D eigenvalue weighted by molar-refractivity contribution is 0.0778. The molecule has 1 aromatic heterocycles. The Kier molecular flexibility index (Phi) is 4.36. The van der Waals surface area contributed by atoms with Gasteiger partial charge in [-0.15, -0.1) is 0 Å². The van der Waals surface area contributed by atoms with E-state index in [1.165, 1.54) is 0 Å². The quantitative estimate of drug-likeness (QED) is 0.809. The second-order valence-electron chi connectivity index (χ2n) is 5.37. The molecule has 0 bridgehead atoms. The zero-order valence-corrected chi connectivity index (χ0v) is 13.1. The van der Waals surface area contributed by atoms with Crippen LogP contribution in [0.25, 0.3) is 11.0 Å². The van der Waals surface area contributed by atoms with Gasteiger partial charge in [0.15, 0.2) is 0 Å². The highest BCUT2D eigenvalue weighted by Gasteiger charge is 2.15. The minimum atomic E-state index is 0.00225. The molecule has 0 fully saturated rings. The van der Waals surface area contributed by atoms with Crippen LogP contribution in [0.2, 0.25) is 0 Å². The van der Waals surface area contributed by atoms with Gasteiger partial charge in [-0.25, -0.2) is 9.97 Å². The fourth-order valence-electron chi connectivity index (χ4n) is 2.20. The second kappa shape index (κ2) is 6.04. The number of amides is 1. The van der Waals surface area contributed by atoms with E-state index in [1.807, 2.05) is 45.9 Å². The number of likely N-dealkylation sites (N-methyl/N-ethyl adjacent to an activating group) is 1. The molecule has 2 rings (SSSR count). The number of aryl methyl sites for hydroxylation is 2. The van der Waals surface area contributed by atoms with Gasteiger partial charge in [0.2, 0.25) is 0 Å². The fourth-order valence-corrected chi connectivity index (χ4v) is 2.20. The highest BCUT2D eigenvalue weighted by atomic mass is 16.2. The predicted octanol–water partition coefficient (Wildman–Crippen LogP) is 3.28. The summed E-state index contributed by atoms with van der Waals surface area (Å²) in [5.41, 5.74) is 4.99. The summed E-state index contributed by atoms with van der Waals surface area (Å²) in [6.07, 6.45) is 0. The number of rotatable bonds is 4. The summed E-state index contributed by atoms with van der Waals surface area (Å²) in [7, 11) is 0. The smallest absolute Gasteiger partial charge is 0.254 e. The summed E-state index contributed by atoms with van der Waals surface area (Å²) < 4.78 is 0. The fraction of sp³-hybridized carbons (Fsp3) is 0.353. The summed E-state index contributed by atoms with van der Waals surface area (Å²) >= 11 is 0. The molecular formula is C17H21N3O. The Labute approximate surface area is 125 Å². The summed E-state index contributed by atoms with van der Waals surface area (Å²) in [6, 6.07) is 5.49. The maximum absolute atomic E-state index is 12.5. The molecule has 21 heavy (non-hydrogen) atoms. The molecule has 4 nitrogen and oxygen atoms in total. The third-order valence-corrected chi connectivity index (χ3v) is 3.45. The first-order valence-electron chi connectivity index (χ1n) is 7.11. The van der Waals surface area contributed by atoms with Gasteiger partial charge in [-0.3, -0.25) is 4.79 Å². The van der Waals surface area contributed by atoms with E-state index in [9.17, 15) is 4.79 Å². The maximum Gasteiger partial charge on any atom is 0.254 e. The van der Waals surface area contributed by atoms with E-state index in [0.29, 0.717) is 18.7 Å². The van der Waals surface area contributed by atoms with Crippen molar-refractivity contribution in [2.45, 2.75) is 27.7 Å². The van der Waals surface area contributed by atoms with E-state index < -0.39 is 0 Å². The number of hydrogen-bond donors (Lipinski definition) is 0. The average molecular weight is 283 g/mol. The lowest BCUT2D eigenvalue weighted by atomic mass is 10.1. The van der Waals surface area contributed by atoms with Gasteiger partial charge in [0, 0.05) is 18.7 Å². The Bertz CT molecular complexity index is 706. The van der Waals surface area contributed by atoms with Gasteiger partial charge in [-0.05, 0) is 45.9 Å². The summed E-state index contributed by atoms with van der Waals surface area (Å²) in [4.78, 5) is 23.3. The van der Waals surface area contributed by atoms with Crippen LogP contribution in [0.5, 0.6) is 0 Å². The predicted molar refractivity (Wildman–Crippen MR) is 85.4 cm³/mol. The average Bonchev–Trinajstić information content (AvgIpc) is 2.44. The summed E-state index contributed by atoms with van der Waals surface area (Å²) in [5.74, 6) is 0.00225. The number of carbonyl (C=O) groups excluding carboxylic acids is 1. The van der Waals surface area contributed by atoms with Gasteiger partial charge in [-0.2, -0.15) is 0 Å². The van der Waals surface area contributed by atoms with Crippen LogP contribution < -0.4 is 0 Å². The monoisotopic (exact) mass is 283 g/mol. The van der Waals surface area contributed by atoms with Crippen molar-refractivity contribution in [2.24, 2.45) is 0 Å². The van der Waals surface area contributed by atoms with E-state index in [1.54, 1.807) is 4.90 Å². The van der Waals surface area contributed by atoms with Gasteiger partial charge in [0.1, 0.15) is 0 Å². The van der Waals surface area contributed by atoms with Gasteiger partial charge in [0.25, 0.3) is 5.91 Å². The summed E-state index contributed by atoms with van der Waals surface area (Å²) in [5, 5.41) is 0. The zero-order chi connectivity index (χ0) is 15.6. The van der Waals surface area contributed by atoms with Crippen LogP contribution in [0.4, 0.5) is 0 Å². The standard InChI is InChI=1S/C17H21N3O/c1-6-20(10-11(2)3)17(21)14-7-8-15-16(9-14)19-13(5)12(4)18-15/h7-9H,2,6,10H2,1,3-5H3. The van der Waals surface area contributed by atoms with Crippen molar-refractivity contribution in [3.05, 3.63) is 47.3 Å². The molecule has 0 saturated heterocycles. The molecule has 0 saturated carbocycles. The molecule has 1 heterocycles. The Morgan fingerprint density at radius 2 is 1.81 bits per heavy atom. The van der Waals surface area contributed by atoms with Crippen LogP contribution in [0, 0.1) is 13.8 Å². The molecule has 0 spiro atoms. The molecule has 0 unspecified atom stereocenters. The van der Waals surface area contributed by atoms with E-state index in [-0.39, 0.29) is 5.91 Å². The molecular weight excluding hydrogens is 262 g/mol. The van der Waals surface area contributed by atoms with E-state index in [2.05, 4.69) is 16.5 Å². The first-order chi connectivity index (χ1) is 9.92. The van der Waals surface area contributed by atoms with Crippen LogP contribution in [-0.2, 0) is 0 Å². The Morgan fingerprint density at radius 3 is 2.38 bits per heavy atom. The Balaban J connectivity index is 2.39.